The maximum absolute atomic E-state index is 15.5. The maximum atomic E-state index is 15.5. The number of halogens is 2. The fraction of sp³-hybridized carbons (Fsp3) is 0.192. The molecule has 1 amide bonds. The highest BCUT2D eigenvalue weighted by atomic mass is 35.5. The van der Waals surface area contributed by atoms with E-state index >= 15 is 4.39 Å². The molecule has 0 aliphatic carbocycles. The van der Waals surface area contributed by atoms with E-state index in [-0.39, 0.29) is 24.0 Å². The summed E-state index contributed by atoms with van der Waals surface area (Å²) in [6.07, 6.45) is 5.05. The summed E-state index contributed by atoms with van der Waals surface area (Å²) in [6.45, 7) is 1.51. The summed E-state index contributed by atoms with van der Waals surface area (Å²) in [5.41, 5.74) is 1.53. The molecule has 1 fully saturated rings. The minimum Gasteiger partial charge on any atom is -0.315 e. The molecule has 0 spiro atoms. The molecule has 182 valence electrons. The van der Waals surface area contributed by atoms with Gasteiger partial charge in [-0.15, -0.1) is 17.5 Å². The molecule has 1 saturated heterocycles. The predicted octanol–water partition coefficient (Wildman–Crippen LogP) is 4.32. The van der Waals surface area contributed by atoms with Gasteiger partial charge in [0.25, 0.3) is 5.91 Å². The number of amides is 1. The van der Waals surface area contributed by atoms with Crippen molar-refractivity contribution in [3.8, 4) is 5.69 Å². The average molecular weight is 504 g/mol. The number of hydrogen-bond acceptors (Lipinski definition) is 6. The average Bonchev–Trinajstić information content (AvgIpc) is 3.34. The van der Waals surface area contributed by atoms with Crippen LogP contribution in [-0.4, -0.2) is 50.0 Å². The molecule has 0 unspecified atom stereocenters. The second kappa shape index (κ2) is 9.96. The van der Waals surface area contributed by atoms with Gasteiger partial charge in [-0.3, -0.25) is 9.69 Å². The van der Waals surface area contributed by atoms with Crippen LogP contribution in [0.25, 0.3) is 27.6 Å². The van der Waals surface area contributed by atoms with Gasteiger partial charge in [-0.1, -0.05) is 29.5 Å². The molecular formula is C26H23ClFN7O. The Hall–Kier alpha value is -3.95. The van der Waals surface area contributed by atoms with Crippen LogP contribution in [-0.2, 0) is 0 Å². The monoisotopic (exact) mass is 503 g/mol. The van der Waals surface area contributed by atoms with Gasteiger partial charge in [-0.05, 0) is 55.1 Å². The molecule has 5 aromatic rings. The van der Waals surface area contributed by atoms with E-state index in [0.29, 0.717) is 29.2 Å². The quantitative estimate of drug-likeness (QED) is 0.393. The Balaban J connectivity index is 0.00000267. The Morgan fingerprint density at radius 1 is 1.06 bits per heavy atom. The van der Waals surface area contributed by atoms with E-state index in [1.165, 1.54) is 16.8 Å². The number of rotatable bonds is 4. The van der Waals surface area contributed by atoms with Gasteiger partial charge in [0.05, 0.1) is 17.3 Å². The van der Waals surface area contributed by atoms with Crippen LogP contribution in [0.15, 0.2) is 73.1 Å². The molecular weight excluding hydrogens is 481 g/mol. The van der Waals surface area contributed by atoms with Crippen molar-refractivity contribution < 1.29 is 9.18 Å². The normalized spacial score (nSPS) is 15.5. The van der Waals surface area contributed by atoms with Crippen molar-refractivity contribution in [2.24, 2.45) is 0 Å². The van der Waals surface area contributed by atoms with Crippen LogP contribution in [0.3, 0.4) is 0 Å². The Kier molecular flexibility index (Phi) is 6.58. The van der Waals surface area contributed by atoms with Crippen LogP contribution >= 0.6 is 12.4 Å². The summed E-state index contributed by atoms with van der Waals surface area (Å²) in [4.78, 5) is 24.4. The number of anilines is 1. The van der Waals surface area contributed by atoms with E-state index in [2.05, 4.69) is 25.6 Å². The Morgan fingerprint density at radius 3 is 2.78 bits per heavy atom. The van der Waals surface area contributed by atoms with Crippen LogP contribution in [0.1, 0.15) is 23.2 Å². The lowest BCUT2D eigenvalue weighted by atomic mass is 10.0. The van der Waals surface area contributed by atoms with Crippen molar-refractivity contribution in [1.82, 2.24) is 30.3 Å². The molecule has 0 radical (unpaired) electrons. The predicted molar refractivity (Wildman–Crippen MR) is 138 cm³/mol. The number of fused-ring (bicyclic) bond motifs is 2. The van der Waals surface area contributed by atoms with E-state index in [4.69, 9.17) is 0 Å². The molecule has 0 saturated carbocycles. The zero-order valence-electron chi connectivity index (χ0n) is 19.2. The molecule has 1 aliphatic heterocycles. The third-order valence-corrected chi connectivity index (χ3v) is 6.37. The van der Waals surface area contributed by atoms with Gasteiger partial charge < -0.3 is 5.32 Å². The van der Waals surface area contributed by atoms with Gasteiger partial charge in [-0.25, -0.2) is 14.4 Å². The Morgan fingerprint density at radius 2 is 1.94 bits per heavy atom. The molecule has 1 aliphatic rings. The molecule has 0 bridgehead atoms. The fourth-order valence-electron chi connectivity index (χ4n) is 4.66. The fourth-order valence-corrected chi connectivity index (χ4v) is 4.66. The van der Waals surface area contributed by atoms with E-state index < -0.39 is 11.7 Å². The van der Waals surface area contributed by atoms with Gasteiger partial charge in [0.1, 0.15) is 17.2 Å². The number of benzene rings is 2. The first-order valence-corrected chi connectivity index (χ1v) is 11.5. The van der Waals surface area contributed by atoms with Crippen molar-refractivity contribution in [2.75, 3.05) is 18.0 Å². The molecule has 1 N–H and O–H groups in total. The summed E-state index contributed by atoms with van der Waals surface area (Å²) in [7, 11) is 0. The minimum atomic E-state index is -0.638. The molecule has 36 heavy (non-hydrogen) atoms. The lowest BCUT2D eigenvalue weighted by Crippen LogP contribution is -2.49. The van der Waals surface area contributed by atoms with Gasteiger partial charge in [0, 0.05) is 30.4 Å². The summed E-state index contributed by atoms with van der Waals surface area (Å²) in [5.74, 6) is -0.522. The Bertz CT molecular complexity index is 1540. The van der Waals surface area contributed by atoms with Crippen LogP contribution in [0.5, 0.6) is 0 Å². The van der Waals surface area contributed by atoms with E-state index in [9.17, 15) is 4.79 Å². The lowest BCUT2D eigenvalue weighted by Gasteiger charge is -2.34. The van der Waals surface area contributed by atoms with Crippen molar-refractivity contribution in [2.45, 2.75) is 18.9 Å². The van der Waals surface area contributed by atoms with Crippen molar-refractivity contribution in [3.63, 3.8) is 0 Å². The van der Waals surface area contributed by atoms with Crippen LogP contribution in [0.4, 0.5) is 10.2 Å². The van der Waals surface area contributed by atoms with Crippen LogP contribution < -0.4 is 10.2 Å². The van der Waals surface area contributed by atoms with Crippen molar-refractivity contribution >= 4 is 46.1 Å². The zero-order chi connectivity index (χ0) is 23.8. The molecule has 2 aromatic carbocycles. The lowest BCUT2D eigenvalue weighted by molar-refractivity contribution is 0.0968. The number of aromatic nitrogens is 5. The molecule has 1 atom stereocenters. The smallest absolute Gasteiger partial charge is 0.262 e. The van der Waals surface area contributed by atoms with Gasteiger partial charge >= 0.3 is 0 Å². The molecule has 3 aromatic heterocycles. The summed E-state index contributed by atoms with van der Waals surface area (Å²) in [5, 5.41) is 13.4. The van der Waals surface area contributed by atoms with Crippen molar-refractivity contribution in [1.29, 1.82) is 0 Å². The Labute approximate surface area is 212 Å². The summed E-state index contributed by atoms with van der Waals surface area (Å²) in [6, 6.07) is 17.6. The standard InChI is InChI=1S/C26H22FN7O.ClH/c27-22-15-18(34-25-23(31-32-34)8-4-13-29-25)9-10-21(22)26(35)33(19-6-3-12-28-16-19)24-20-7-2-1-5-17(20)11-14-30-24;/h1-2,4-5,7-11,13-15,19,28H,3,6,12,16H2;1H/t19-;/m1./s1. The number of pyridine rings is 2. The number of piperidine rings is 1. The first kappa shape index (κ1) is 23.8. The van der Waals surface area contributed by atoms with E-state index in [0.717, 1.165) is 30.2 Å². The number of carbonyl (C=O) groups is 1. The van der Waals surface area contributed by atoms with E-state index in [1.807, 2.05) is 30.3 Å². The maximum Gasteiger partial charge on any atom is 0.262 e. The number of nitrogens with one attached hydrogen (secondary N) is 1. The van der Waals surface area contributed by atoms with Gasteiger partial charge in [-0.2, -0.15) is 4.68 Å². The topological polar surface area (TPSA) is 88.8 Å². The highest BCUT2D eigenvalue weighted by molar-refractivity contribution is 6.10. The third kappa shape index (κ3) is 4.16. The first-order chi connectivity index (χ1) is 17.2. The van der Waals surface area contributed by atoms with Gasteiger partial charge in [0.15, 0.2) is 5.65 Å². The second-order valence-electron chi connectivity index (χ2n) is 8.54. The third-order valence-electron chi connectivity index (χ3n) is 6.37. The zero-order valence-corrected chi connectivity index (χ0v) is 20.0. The molecule has 10 heteroatoms. The molecule has 6 rings (SSSR count). The first-order valence-electron chi connectivity index (χ1n) is 11.5. The minimum absolute atomic E-state index is 0. The van der Waals surface area contributed by atoms with Crippen molar-refractivity contribution in [3.05, 3.63) is 84.4 Å². The highest BCUT2D eigenvalue weighted by Crippen LogP contribution is 2.30. The van der Waals surface area contributed by atoms with Crippen LogP contribution in [0.2, 0.25) is 0 Å². The SMILES string of the molecule is Cl.O=C(c1ccc(-n2nnc3cccnc32)cc1F)N(c1nccc2ccccc12)[C@@H]1CCCNC1. The summed E-state index contributed by atoms with van der Waals surface area (Å²) >= 11 is 0. The van der Waals surface area contributed by atoms with Crippen LogP contribution in [0, 0.1) is 5.82 Å². The van der Waals surface area contributed by atoms with Gasteiger partial charge in [0.2, 0.25) is 0 Å². The largest absolute Gasteiger partial charge is 0.315 e. The molecule has 8 nitrogen and oxygen atoms in total. The second-order valence-corrected chi connectivity index (χ2v) is 8.54. The number of hydrogen-bond donors (Lipinski definition) is 1. The highest BCUT2D eigenvalue weighted by Gasteiger charge is 2.31. The van der Waals surface area contributed by atoms with E-state index in [1.54, 1.807) is 35.5 Å². The summed E-state index contributed by atoms with van der Waals surface area (Å²) < 4.78 is 16.9. The number of carbonyl (C=O) groups excluding carboxylic acids is 1. The number of nitrogens with zero attached hydrogens (tertiary/aromatic N) is 6. The molecule has 4 heterocycles.